The van der Waals surface area contributed by atoms with Gasteiger partial charge in [-0.2, -0.15) is 0 Å². The third kappa shape index (κ3) is 3.33. The fourth-order valence-corrected chi connectivity index (χ4v) is 2.49. The Labute approximate surface area is 108 Å². The summed E-state index contributed by atoms with van der Waals surface area (Å²) in [5.74, 6) is 2.21. The number of aromatic nitrogens is 1. The summed E-state index contributed by atoms with van der Waals surface area (Å²) in [6, 6.07) is 4.11. The van der Waals surface area contributed by atoms with Crippen LogP contribution in [0, 0.1) is 5.92 Å². The van der Waals surface area contributed by atoms with Crippen LogP contribution in [0.1, 0.15) is 18.4 Å². The third-order valence-corrected chi connectivity index (χ3v) is 3.52. The molecule has 1 saturated heterocycles. The molecular weight excluding hydrogens is 236 g/mol. The van der Waals surface area contributed by atoms with Gasteiger partial charge in [-0.05, 0) is 30.4 Å². The van der Waals surface area contributed by atoms with Crippen molar-refractivity contribution in [2.45, 2.75) is 18.7 Å². The van der Waals surface area contributed by atoms with Crippen molar-refractivity contribution < 1.29 is 4.74 Å². The highest BCUT2D eigenvalue weighted by atomic mass is 35.5. The van der Waals surface area contributed by atoms with Crippen molar-refractivity contribution in [1.29, 1.82) is 0 Å². The van der Waals surface area contributed by atoms with Crippen LogP contribution in [0.25, 0.3) is 0 Å². The van der Waals surface area contributed by atoms with E-state index in [1.807, 2.05) is 6.20 Å². The summed E-state index contributed by atoms with van der Waals surface area (Å²) in [7, 11) is 1.77. The number of nitrogens with zero attached hydrogens (tertiary/aromatic N) is 2. The summed E-state index contributed by atoms with van der Waals surface area (Å²) >= 11 is 5.76. The van der Waals surface area contributed by atoms with Crippen LogP contribution in [-0.2, 0) is 10.6 Å². The SMILES string of the molecule is COCC1CCCN(c2ccc(CCl)cn2)C1. The highest BCUT2D eigenvalue weighted by molar-refractivity contribution is 6.17. The maximum Gasteiger partial charge on any atom is 0.128 e. The number of pyridine rings is 1. The van der Waals surface area contributed by atoms with Gasteiger partial charge in [0.25, 0.3) is 0 Å². The van der Waals surface area contributed by atoms with E-state index in [1.165, 1.54) is 12.8 Å². The van der Waals surface area contributed by atoms with Crippen LogP contribution in [0.2, 0.25) is 0 Å². The van der Waals surface area contributed by atoms with Gasteiger partial charge >= 0.3 is 0 Å². The Morgan fingerprint density at radius 1 is 1.53 bits per heavy atom. The number of piperidine rings is 1. The lowest BCUT2D eigenvalue weighted by Gasteiger charge is -2.33. The van der Waals surface area contributed by atoms with E-state index in [2.05, 4.69) is 22.0 Å². The lowest BCUT2D eigenvalue weighted by atomic mass is 9.99. The van der Waals surface area contributed by atoms with Crippen LogP contribution in [0.5, 0.6) is 0 Å². The molecule has 0 amide bonds. The van der Waals surface area contributed by atoms with Gasteiger partial charge in [-0.3, -0.25) is 0 Å². The van der Waals surface area contributed by atoms with Gasteiger partial charge in [-0.1, -0.05) is 6.07 Å². The highest BCUT2D eigenvalue weighted by Gasteiger charge is 2.20. The van der Waals surface area contributed by atoms with Crippen LogP contribution in [0.15, 0.2) is 18.3 Å². The molecule has 1 atom stereocenters. The molecule has 0 spiro atoms. The van der Waals surface area contributed by atoms with Gasteiger partial charge in [0.05, 0.1) is 6.61 Å². The zero-order valence-corrected chi connectivity index (χ0v) is 11.0. The fraction of sp³-hybridized carbons (Fsp3) is 0.615. The molecule has 0 N–H and O–H groups in total. The number of ether oxygens (including phenoxy) is 1. The molecule has 1 fully saturated rings. The van der Waals surface area contributed by atoms with Crippen molar-refractivity contribution in [2.24, 2.45) is 5.92 Å². The quantitative estimate of drug-likeness (QED) is 0.773. The summed E-state index contributed by atoms with van der Waals surface area (Å²) in [5.41, 5.74) is 1.07. The Morgan fingerprint density at radius 2 is 2.41 bits per heavy atom. The average Bonchev–Trinajstić information content (AvgIpc) is 2.40. The molecular formula is C13H19ClN2O. The minimum atomic E-state index is 0.527. The molecule has 0 bridgehead atoms. The standard InChI is InChI=1S/C13H19ClN2O/c1-17-10-12-3-2-6-16(9-12)13-5-4-11(7-14)8-15-13/h4-5,8,12H,2-3,6-7,9-10H2,1H3. The van der Waals surface area contributed by atoms with E-state index >= 15 is 0 Å². The number of methoxy groups -OCH3 is 1. The van der Waals surface area contributed by atoms with E-state index in [4.69, 9.17) is 16.3 Å². The Kier molecular flexibility index (Phi) is 4.63. The second-order valence-corrected chi connectivity index (χ2v) is 4.84. The van der Waals surface area contributed by atoms with E-state index in [9.17, 15) is 0 Å². The van der Waals surface area contributed by atoms with Crippen molar-refractivity contribution in [1.82, 2.24) is 4.98 Å². The number of anilines is 1. The van der Waals surface area contributed by atoms with Crippen molar-refractivity contribution >= 4 is 17.4 Å². The molecule has 0 saturated carbocycles. The molecule has 2 heterocycles. The predicted molar refractivity (Wildman–Crippen MR) is 70.6 cm³/mol. The zero-order valence-electron chi connectivity index (χ0n) is 10.2. The van der Waals surface area contributed by atoms with Crippen molar-refractivity contribution in [3.63, 3.8) is 0 Å². The minimum Gasteiger partial charge on any atom is -0.384 e. The molecule has 0 radical (unpaired) electrons. The van der Waals surface area contributed by atoms with Crippen LogP contribution in [-0.4, -0.2) is 31.8 Å². The second-order valence-electron chi connectivity index (χ2n) is 4.57. The molecule has 1 aliphatic heterocycles. The van der Waals surface area contributed by atoms with Gasteiger partial charge in [0, 0.05) is 32.3 Å². The Hall–Kier alpha value is -0.800. The van der Waals surface area contributed by atoms with Gasteiger partial charge in [-0.25, -0.2) is 4.98 Å². The Balaban J connectivity index is 2.00. The number of halogens is 1. The molecule has 0 aliphatic carbocycles. The summed E-state index contributed by atoms with van der Waals surface area (Å²) in [6.07, 6.45) is 4.33. The molecule has 3 nitrogen and oxygen atoms in total. The molecule has 1 unspecified atom stereocenters. The fourth-order valence-electron chi connectivity index (χ4n) is 2.33. The maximum absolute atomic E-state index is 5.76. The maximum atomic E-state index is 5.76. The van der Waals surface area contributed by atoms with Crippen molar-refractivity contribution in [3.05, 3.63) is 23.9 Å². The van der Waals surface area contributed by atoms with Gasteiger partial charge in [0.2, 0.25) is 0 Å². The van der Waals surface area contributed by atoms with Crippen LogP contribution in [0.3, 0.4) is 0 Å². The van der Waals surface area contributed by atoms with E-state index in [-0.39, 0.29) is 0 Å². The first-order valence-electron chi connectivity index (χ1n) is 6.08. The summed E-state index contributed by atoms with van der Waals surface area (Å²) < 4.78 is 5.24. The van der Waals surface area contributed by atoms with E-state index in [0.717, 1.165) is 31.1 Å². The molecule has 2 rings (SSSR count). The lowest BCUT2D eigenvalue weighted by Crippen LogP contribution is -2.37. The number of hydrogen-bond acceptors (Lipinski definition) is 3. The Morgan fingerprint density at radius 3 is 3.06 bits per heavy atom. The largest absolute Gasteiger partial charge is 0.384 e. The lowest BCUT2D eigenvalue weighted by molar-refractivity contribution is 0.143. The number of alkyl halides is 1. The zero-order chi connectivity index (χ0) is 12.1. The summed E-state index contributed by atoms with van der Waals surface area (Å²) in [5, 5.41) is 0. The predicted octanol–water partition coefficient (Wildman–Crippen LogP) is 2.68. The first-order chi connectivity index (χ1) is 8.33. The topological polar surface area (TPSA) is 25.4 Å². The smallest absolute Gasteiger partial charge is 0.128 e. The minimum absolute atomic E-state index is 0.527. The molecule has 17 heavy (non-hydrogen) atoms. The number of rotatable bonds is 4. The van der Waals surface area contributed by atoms with Gasteiger partial charge in [-0.15, -0.1) is 11.6 Å². The van der Waals surface area contributed by atoms with E-state index < -0.39 is 0 Å². The molecule has 94 valence electrons. The molecule has 1 aromatic heterocycles. The van der Waals surface area contributed by atoms with Crippen molar-refractivity contribution in [3.8, 4) is 0 Å². The van der Waals surface area contributed by atoms with Gasteiger partial charge in [0.15, 0.2) is 0 Å². The van der Waals surface area contributed by atoms with Crippen LogP contribution >= 0.6 is 11.6 Å². The first kappa shape index (κ1) is 12.7. The van der Waals surface area contributed by atoms with Gasteiger partial charge < -0.3 is 9.64 Å². The van der Waals surface area contributed by atoms with Gasteiger partial charge in [0.1, 0.15) is 5.82 Å². The Bertz CT molecular complexity index is 340. The molecule has 1 aliphatic rings. The van der Waals surface area contributed by atoms with Crippen LogP contribution in [0.4, 0.5) is 5.82 Å². The molecule has 0 aromatic carbocycles. The second kappa shape index (κ2) is 6.22. The van der Waals surface area contributed by atoms with Crippen molar-refractivity contribution in [2.75, 3.05) is 31.7 Å². The monoisotopic (exact) mass is 254 g/mol. The highest BCUT2D eigenvalue weighted by Crippen LogP contribution is 2.22. The molecule has 4 heteroatoms. The third-order valence-electron chi connectivity index (χ3n) is 3.21. The van der Waals surface area contributed by atoms with E-state index in [0.29, 0.717) is 11.8 Å². The summed E-state index contributed by atoms with van der Waals surface area (Å²) in [4.78, 5) is 6.81. The first-order valence-corrected chi connectivity index (χ1v) is 6.61. The molecule has 1 aromatic rings. The number of hydrogen-bond donors (Lipinski definition) is 0. The average molecular weight is 255 g/mol. The van der Waals surface area contributed by atoms with Crippen LogP contribution < -0.4 is 4.90 Å². The van der Waals surface area contributed by atoms with E-state index in [1.54, 1.807) is 7.11 Å². The normalized spacial score (nSPS) is 20.6. The summed E-state index contributed by atoms with van der Waals surface area (Å²) in [6.45, 7) is 2.98.